The second kappa shape index (κ2) is 9.23. The first-order chi connectivity index (χ1) is 10.8. The van der Waals surface area contributed by atoms with E-state index >= 15 is 0 Å². The lowest BCUT2D eigenvalue weighted by Crippen LogP contribution is -2.19. The minimum Gasteiger partial charge on any atom is -0.491 e. The lowest BCUT2D eigenvalue weighted by atomic mass is 10.1. The van der Waals surface area contributed by atoms with Crippen LogP contribution in [0.5, 0.6) is 5.75 Å². The molecule has 2 aromatic carbocycles. The Kier molecular flexibility index (Phi) is 6.94. The Balaban J connectivity index is 1.92. The summed E-state index contributed by atoms with van der Waals surface area (Å²) < 4.78 is 11.2. The van der Waals surface area contributed by atoms with Crippen LogP contribution in [-0.4, -0.2) is 19.8 Å². The van der Waals surface area contributed by atoms with Gasteiger partial charge in [0, 0.05) is 24.8 Å². The van der Waals surface area contributed by atoms with Gasteiger partial charge in [0.1, 0.15) is 12.4 Å². The van der Waals surface area contributed by atoms with E-state index in [1.165, 1.54) is 11.1 Å². The normalized spacial score (nSPS) is 12.1. The molecule has 0 aliphatic heterocycles. The van der Waals surface area contributed by atoms with Gasteiger partial charge >= 0.3 is 0 Å². The van der Waals surface area contributed by atoms with E-state index in [0.29, 0.717) is 13.2 Å². The SMILES string of the molecule is CCOCCOc1ccccc1C(C)NCc1ccccc1. The summed E-state index contributed by atoms with van der Waals surface area (Å²) in [6.07, 6.45) is 0. The number of nitrogens with one attached hydrogen (secondary N) is 1. The van der Waals surface area contributed by atoms with E-state index in [1.54, 1.807) is 0 Å². The molecule has 0 saturated carbocycles. The maximum Gasteiger partial charge on any atom is 0.124 e. The van der Waals surface area contributed by atoms with Crippen LogP contribution in [0.1, 0.15) is 31.0 Å². The summed E-state index contributed by atoms with van der Waals surface area (Å²) in [5, 5.41) is 3.55. The highest BCUT2D eigenvalue weighted by Crippen LogP contribution is 2.25. The third-order valence-corrected chi connectivity index (χ3v) is 3.53. The highest BCUT2D eigenvalue weighted by Gasteiger charge is 2.10. The minimum atomic E-state index is 0.225. The van der Waals surface area contributed by atoms with Crippen molar-refractivity contribution in [3.05, 3.63) is 65.7 Å². The molecule has 0 bridgehead atoms. The van der Waals surface area contributed by atoms with Gasteiger partial charge in [-0.15, -0.1) is 0 Å². The number of hydrogen-bond acceptors (Lipinski definition) is 3. The first-order valence-electron chi connectivity index (χ1n) is 7.88. The van der Waals surface area contributed by atoms with Gasteiger partial charge in [-0.05, 0) is 25.5 Å². The average Bonchev–Trinajstić information content (AvgIpc) is 2.58. The zero-order valence-corrected chi connectivity index (χ0v) is 13.4. The van der Waals surface area contributed by atoms with Crippen LogP contribution in [0.3, 0.4) is 0 Å². The van der Waals surface area contributed by atoms with Crippen LogP contribution >= 0.6 is 0 Å². The van der Waals surface area contributed by atoms with Gasteiger partial charge in [-0.25, -0.2) is 0 Å². The molecule has 22 heavy (non-hydrogen) atoms. The monoisotopic (exact) mass is 299 g/mol. The van der Waals surface area contributed by atoms with Crippen LogP contribution in [0.25, 0.3) is 0 Å². The molecular formula is C19H25NO2. The zero-order chi connectivity index (χ0) is 15.6. The lowest BCUT2D eigenvalue weighted by Gasteiger charge is -2.18. The molecule has 1 atom stereocenters. The Morgan fingerprint density at radius 1 is 0.955 bits per heavy atom. The topological polar surface area (TPSA) is 30.5 Å². The smallest absolute Gasteiger partial charge is 0.124 e. The summed E-state index contributed by atoms with van der Waals surface area (Å²) >= 11 is 0. The molecular weight excluding hydrogens is 274 g/mol. The molecule has 0 aliphatic rings. The molecule has 0 heterocycles. The lowest BCUT2D eigenvalue weighted by molar-refractivity contribution is 0.109. The quantitative estimate of drug-likeness (QED) is 0.711. The van der Waals surface area contributed by atoms with Crippen molar-refractivity contribution in [2.45, 2.75) is 26.4 Å². The van der Waals surface area contributed by atoms with Gasteiger partial charge in [0.25, 0.3) is 0 Å². The van der Waals surface area contributed by atoms with Crippen LogP contribution < -0.4 is 10.1 Å². The van der Waals surface area contributed by atoms with Crippen molar-refractivity contribution in [2.24, 2.45) is 0 Å². The molecule has 0 fully saturated rings. The minimum absolute atomic E-state index is 0.225. The van der Waals surface area contributed by atoms with Crippen molar-refractivity contribution in [3.8, 4) is 5.75 Å². The zero-order valence-electron chi connectivity index (χ0n) is 13.4. The van der Waals surface area contributed by atoms with Crippen LogP contribution in [-0.2, 0) is 11.3 Å². The number of hydrogen-bond donors (Lipinski definition) is 1. The molecule has 0 spiro atoms. The van der Waals surface area contributed by atoms with Crippen molar-refractivity contribution >= 4 is 0 Å². The van der Waals surface area contributed by atoms with Gasteiger partial charge in [0.2, 0.25) is 0 Å². The summed E-state index contributed by atoms with van der Waals surface area (Å²) in [6, 6.07) is 18.8. The first kappa shape index (κ1) is 16.5. The predicted molar refractivity (Wildman–Crippen MR) is 90.1 cm³/mol. The fraction of sp³-hybridized carbons (Fsp3) is 0.368. The molecule has 0 aliphatic carbocycles. The van der Waals surface area contributed by atoms with E-state index < -0.39 is 0 Å². The Morgan fingerprint density at radius 2 is 1.68 bits per heavy atom. The summed E-state index contributed by atoms with van der Waals surface area (Å²) in [5.41, 5.74) is 2.46. The van der Waals surface area contributed by atoms with Gasteiger partial charge in [0.05, 0.1) is 6.61 Å². The van der Waals surface area contributed by atoms with E-state index in [1.807, 2.05) is 31.2 Å². The third-order valence-electron chi connectivity index (χ3n) is 3.53. The Hall–Kier alpha value is -1.84. The summed E-state index contributed by atoms with van der Waals surface area (Å²) in [5.74, 6) is 0.926. The molecule has 0 aromatic heterocycles. The maximum absolute atomic E-state index is 5.85. The number of rotatable bonds is 9. The first-order valence-corrected chi connectivity index (χ1v) is 7.88. The largest absolute Gasteiger partial charge is 0.491 e. The Morgan fingerprint density at radius 3 is 2.45 bits per heavy atom. The molecule has 0 radical (unpaired) electrons. The molecule has 118 valence electrons. The van der Waals surface area contributed by atoms with Crippen molar-refractivity contribution < 1.29 is 9.47 Å². The summed E-state index contributed by atoms with van der Waals surface area (Å²) in [7, 11) is 0. The second-order valence-electron chi connectivity index (χ2n) is 5.17. The maximum atomic E-state index is 5.85. The van der Waals surface area contributed by atoms with Gasteiger partial charge in [-0.2, -0.15) is 0 Å². The van der Waals surface area contributed by atoms with Gasteiger partial charge < -0.3 is 14.8 Å². The number of benzene rings is 2. The van der Waals surface area contributed by atoms with E-state index in [2.05, 4.69) is 42.6 Å². The number of para-hydroxylation sites is 1. The molecule has 2 aromatic rings. The number of ether oxygens (including phenoxy) is 2. The van der Waals surface area contributed by atoms with Crippen molar-refractivity contribution in [2.75, 3.05) is 19.8 Å². The van der Waals surface area contributed by atoms with Crippen molar-refractivity contribution in [3.63, 3.8) is 0 Å². The van der Waals surface area contributed by atoms with Crippen LogP contribution in [0.15, 0.2) is 54.6 Å². The highest BCUT2D eigenvalue weighted by atomic mass is 16.5. The van der Waals surface area contributed by atoms with E-state index in [9.17, 15) is 0 Å². The fourth-order valence-corrected chi connectivity index (χ4v) is 2.30. The molecule has 3 heteroatoms. The summed E-state index contributed by atoms with van der Waals surface area (Å²) in [4.78, 5) is 0. The van der Waals surface area contributed by atoms with Gasteiger partial charge in [-0.3, -0.25) is 0 Å². The standard InChI is InChI=1S/C19H25NO2/c1-3-21-13-14-22-19-12-8-7-11-18(19)16(2)20-15-17-9-5-4-6-10-17/h4-12,16,20H,3,13-15H2,1-2H3. The highest BCUT2D eigenvalue weighted by molar-refractivity contribution is 5.35. The van der Waals surface area contributed by atoms with Crippen LogP contribution in [0.4, 0.5) is 0 Å². The molecule has 0 saturated heterocycles. The second-order valence-corrected chi connectivity index (χ2v) is 5.17. The van der Waals surface area contributed by atoms with Crippen molar-refractivity contribution in [1.82, 2.24) is 5.32 Å². The van der Waals surface area contributed by atoms with Crippen LogP contribution in [0, 0.1) is 0 Å². The van der Waals surface area contributed by atoms with Crippen LogP contribution in [0.2, 0.25) is 0 Å². The average molecular weight is 299 g/mol. The van der Waals surface area contributed by atoms with Gasteiger partial charge in [0.15, 0.2) is 0 Å². The molecule has 3 nitrogen and oxygen atoms in total. The Labute approximate surface area is 133 Å². The Bertz CT molecular complexity index is 542. The van der Waals surface area contributed by atoms with Gasteiger partial charge in [-0.1, -0.05) is 48.5 Å². The van der Waals surface area contributed by atoms with E-state index in [0.717, 1.165) is 18.9 Å². The molecule has 2 rings (SSSR count). The van der Waals surface area contributed by atoms with E-state index in [-0.39, 0.29) is 6.04 Å². The molecule has 0 amide bonds. The molecule has 1 N–H and O–H groups in total. The predicted octanol–water partition coefficient (Wildman–Crippen LogP) is 3.95. The van der Waals surface area contributed by atoms with E-state index in [4.69, 9.17) is 9.47 Å². The summed E-state index contributed by atoms with van der Waals surface area (Å²) in [6.45, 7) is 6.92. The third kappa shape index (κ3) is 5.17. The fourth-order valence-electron chi connectivity index (χ4n) is 2.30. The molecule has 1 unspecified atom stereocenters. The van der Waals surface area contributed by atoms with Crippen molar-refractivity contribution in [1.29, 1.82) is 0 Å².